The molecule has 28 heavy (non-hydrogen) atoms. The van der Waals surface area contributed by atoms with Crippen LogP contribution in [0.15, 0.2) is 47.5 Å². The molecule has 0 saturated heterocycles. The average Bonchev–Trinajstić information content (AvgIpc) is 2.97. The molecule has 0 bridgehead atoms. The molecule has 3 aromatic rings. The molecular formula is C18H14ClN3O5S. The third-order valence-electron chi connectivity index (χ3n) is 3.75. The van der Waals surface area contributed by atoms with Crippen molar-refractivity contribution in [2.45, 2.75) is 23.7 Å². The van der Waals surface area contributed by atoms with Gasteiger partial charge in [0.25, 0.3) is 0 Å². The molecule has 0 aliphatic carbocycles. The van der Waals surface area contributed by atoms with Crippen LogP contribution in [0.25, 0.3) is 5.65 Å². The summed E-state index contributed by atoms with van der Waals surface area (Å²) in [5, 5.41) is 21.2. The van der Waals surface area contributed by atoms with Crippen molar-refractivity contribution in [3.8, 4) is 11.8 Å². The van der Waals surface area contributed by atoms with E-state index in [1.54, 1.807) is 18.2 Å². The number of hydrogen-bond acceptors (Lipinski definition) is 6. The Morgan fingerprint density at radius 1 is 1.36 bits per heavy atom. The van der Waals surface area contributed by atoms with E-state index in [0.717, 1.165) is 4.40 Å². The van der Waals surface area contributed by atoms with Crippen LogP contribution < -0.4 is 0 Å². The highest BCUT2D eigenvalue weighted by molar-refractivity contribution is 7.90. The highest BCUT2D eigenvalue weighted by atomic mass is 35.5. The molecule has 0 saturated carbocycles. The lowest BCUT2D eigenvalue weighted by atomic mass is 10.2. The van der Waals surface area contributed by atoms with Crippen LogP contribution in [0.1, 0.15) is 18.2 Å². The van der Waals surface area contributed by atoms with Crippen molar-refractivity contribution in [1.82, 2.24) is 9.38 Å². The van der Waals surface area contributed by atoms with E-state index in [1.165, 1.54) is 31.3 Å². The van der Waals surface area contributed by atoms with Crippen LogP contribution in [0.3, 0.4) is 0 Å². The van der Waals surface area contributed by atoms with Crippen LogP contribution in [0.4, 0.5) is 5.82 Å². The molecule has 8 nitrogen and oxygen atoms in total. The van der Waals surface area contributed by atoms with Crippen molar-refractivity contribution in [2.75, 3.05) is 0 Å². The van der Waals surface area contributed by atoms with E-state index >= 15 is 0 Å². The zero-order valence-electron chi connectivity index (χ0n) is 14.5. The third-order valence-corrected chi connectivity index (χ3v) is 5.60. The lowest BCUT2D eigenvalue weighted by Crippen LogP contribution is -2.07. The predicted molar refractivity (Wildman–Crippen MR) is 103 cm³/mol. The lowest BCUT2D eigenvalue weighted by Gasteiger charge is -2.02. The number of aliphatic hydroxyl groups excluding tert-OH is 1. The average molecular weight is 420 g/mol. The summed E-state index contributed by atoms with van der Waals surface area (Å²) in [6.07, 6.45) is 0.343. The van der Waals surface area contributed by atoms with Crippen LogP contribution >= 0.6 is 11.6 Å². The van der Waals surface area contributed by atoms with Gasteiger partial charge in [0.15, 0.2) is 15.5 Å². The van der Waals surface area contributed by atoms with Gasteiger partial charge in [-0.15, -0.1) is 0 Å². The van der Waals surface area contributed by atoms with Crippen molar-refractivity contribution in [3.63, 3.8) is 0 Å². The van der Waals surface area contributed by atoms with Gasteiger partial charge in [-0.3, -0.25) is 0 Å². The number of imidazole rings is 1. The van der Waals surface area contributed by atoms with E-state index in [0.29, 0.717) is 0 Å². The maximum Gasteiger partial charge on any atom is 0.352 e. The Hall–Kier alpha value is -2.93. The van der Waals surface area contributed by atoms with E-state index in [4.69, 9.17) is 11.6 Å². The van der Waals surface area contributed by atoms with Gasteiger partial charge < -0.3 is 15.2 Å². The maximum absolute atomic E-state index is 12.7. The molecule has 144 valence electrons. The first-order valence-corrected chi connectivity index (χ1v) is 10.0. The Kier molecular flexibility index (Phi) is 5.38. The molecule has 0 fully saturated rings. The molecule has 1 atom stereocenters. The molecule has 10 heteroatoms. The molecule has 0 amide bonds. The summed E-state index contributed by atoms with van der Waals surface area (Å²) in [6, 6.07) is 9.06. The molecule has 2 heterocycles. The van der Waals surface area contributed by atoms with E-state index < -0.39 is 32.4 Å². The molecular weight excluding hydrogens is 406 g/mol. The summed E-state index contributed by atoms with van der Waals surface area (Å²) < 4.78 is 26.4. The quantitative estimate of drug-likeness (QED) is 0.395. The highest BCUT2D eigenvalue weighted by Crippen LogP contribution is 2.28. The summed E-state index contributed by atoms with van der Waals surface area (Å²) in [4.78, 5) is 15.1. The fourth-order valence-electron chi connectivity index (χ4n) is 2.60. The molecule has 0 aliphatic heterocycles. The van der Waals surface area contributed by atoms with Crippen molar-refractivity contribution in [3.05, 3.63) is 69.0 Å². The molecule has 2 aromatic heterocycles. The highest BCUT2D eigenvalue weighted by Gasteiger charge is 2.29. The molecule has 1 N–H and O–H groups in total. The minimum absolute atomic E-state index is 0.0357. The standard InChI is InChI=1S/C18H14ClN3O5S/c1-12(23)7-8-13-9-14(19)10-21-17(13)20-16(18(21)22(24)25)11-28(26,27)15-5-3-2-4-6-15/h2-6,9-10,12,23H,11H2,1H3. The number of nitrogens with zero attached hydrogens (tertiary/aromatic N) is 3. The zero-order chi connectivity index (χ0) is 20.5. The van der Waals surface area contributed by atoms with Gasteiger partial charge in [-0.1, -0.05) is 41.6 Å². The first-order valence-electron chi connectivity index (χ1n) is 8.01. The Morgan fingerprint density at radius 3 is 2.64 bits per heavy atom. The van der Waals surface area contributed by atoms with Gasteiger partial charge in [-0.05, 0) is 30.0 Å². The van der Waals surface area contributed by atoms with Gasteiger partial charge in [0.1, 0.15) is 18.1 Å². The van der Waals surface area contributed by atoms with Gasteiger partial charge >= 0.3 is 5.82 Å². The van der Waals surface area contributed by atoms with E-state index in [1.807, 2.05) is 0 Å². The van der Waals surface area contributed by atoms with Gasteiger partial charge in [0.2, 0.25) is 5.65 Å². The van der Waals surface area contributed by atoms with Crippen molar-refractivity contribution in [2.24, 2.45) is 0 Å². The van der Waals surface area contributed by atoms with Crippen LogP contribution in [0.2, 0.25) is 5.02 Å². The molecule has 0 aliphatic rings. The Bertz CT molecular complexity index is 1220. The van der Waals surface area contributed by atoms with Gasteiger partial charge in [-0.2, -0.15) is 4.40 Å². The van der Waals surface area contributed by atoms with E-state index in [9.17, 15) is 23.6 Å². The van der Waals surface area contributed by atoms with Crippen molar-refractivity contribution >= 4 is 32.9 Å². The normalized spacial score (nSPS) is 12.4. The second-order valence-corrected chi connectivity index (χ2v) is 8.35. The minimum Gasteiger partial charge on any atom is -0.381 e. The number of aliphatic hydroxyl groups is 1. The smallest absolute Gasteiger partial charge is 0.352 e. The molecule has 0 spiro atoms. The first kappa shape index (κ1) is 19.8. The number of benzene rings is 1. The summed E-state index contributed by atoms with van der Waals surface area (Å²) in [5.74, 6) is 4.02. The van der Waals surface area contributed by atoms with E-state index in [2.05, 4.69) is 16.8 Å². The summed E-state index contributed by atoms with van der Waals surface area (Å²) in [7, 11) is -3.85. The van der Waals surface area contributed by atoms with Crippen LogP contribution in [0, 0.1) is 22.0 Å². The molecule has 3 rings (SSSR count). The van der Waals surface area contributed by atoms with Crippen LogP contribution in [-0.2, 0) is 15.6 Å². The second kappa shape index (κ2) is 7.59. The maximum atomic E-state index is 12.7. The summed E-state index contributed by atoms with van der Waals surface area (Å²) in [5.41, 5.74) is 0.0959. The fraction of sp³-hybridized carbons (Fsp3) is 0.167. The number of hydrogen-bond donors (Lipinski definition) is 1. The van der Waals surface area contributed by atoms with Gasteiger partial charge in [0, 0.05) is 0 Å². The van der Waals surface area contributed by atoms with Gasteiger partial charge in [-0.25, -0.2) is 13.4 Å². The Balaban J connectivity index is 2.21. The summed E-state index contributed by atoms with van der Waals surface area (Å²) in [6.45, 7) is 1.46. The second-order valence-electron chi connectivity index (χ2n) is 5.92. The van der Waals surface area contributed by atoms with Gasteiger partial charge in [0.05, 0.1) is 15.5 Å². The van der Waals surface area contributed by atoms with E-state index in [-0.39, 0.29) is 26.8 Å². The number of aromatic nitrogens is 2. The third kappa shape index (κ3) is 3.99. The van der Waals surface area contributed by atoms with Crippen LogP contribution in [0.5, 0.6) is 0 Å². The largest absolute Gasteiger partial charge is 0.381 e. The molecule has 1 aromatic carbocycles. The zero-order valence-corrected chi connectivity index (χ0v) is 16.1. The van der Waals surface area contributed by atoms with Crippen molar-refractivity contribution < 1.29 is 18.4 Å². The number of halogens is 1. The Morgan fingerprint density at radius 2 is 2.04 bits per heavy atom. The first-order chi connectivity index (χ1) is 13.2. The summed E-state index contributed by atoms with van der Waals surface area (Å²) >= 11 is 6.03. The van der Waals surface area contributed by atoms with Crippen LogP contribution in [-0.4, -0.2) is 33.9 Å². The number of pyridine rings is 1. The monoisotopic (exact) mass is 419 g/mol. The minimum atomic E-state index is -3.85. The topological polar surface area (TPSA) is 115 Å². The predicted octanol–water partition coefficient (Wildman–Crippen LogP) is 2.60. The Labute approximate surface area is 165 Å². The molecule has 1 unspecified atom stereocenters. The number of sulfone groups is 1. The SMILES string of the molecule is CC(O)C#Cc1cc(Cl)cn2c([N+](=O)[O-])c(CS(=O)(=O)c3ccccc3)nc12. The number of rotatable bonds is 4. The number of nitro groups is 1. The number of fused-ring (bicyclic) bond motifs is 1. The molecule has 0 radical (unpaired) electrons. The fourth-order valence-corrected chi connectivity index (χ4v) is 4.10. The van der Waals surface area contributed by atoms with Crippen molar-refractivity contribution in [1.29, 1.82) is 0 Å². The lowest BCUT2D eigenvalue weighted by molar-refractivity contribution is -0.391.